The summed E-state index contributed by atoms with van der Waals surface area (Å²) in [4.78, 5) is 46.8. The fourth-order valence-electron chi connectivity index (χ4n) is 4.86. The highest BCUT2D eigenvalue weighted by Gasteiger charge is 2.55. The minimum Gasteiger partial charge on any atom is -0.384 e. The molecule has 10 nitrogen and oxygen atoms in total. The number of β-lactam (4-membered cyclic amide) rings is 1. The average Bonchev–Trinajstić information content (AvgIpc) is 3.32. The molecule has 3 heterocycles. The third kappa shape index (κ3) is 5.09. The van der Waals surface area contributed by atoms with Gasteiger partial charge < -0.3 is 16.0 Å². The monoisotopic (exact) mass is 521 g/mol. The highest BCUT2D eigenvalue weighted by molar-refractivity contribution is 6.12. The molecule has 2 aromatic heterocycles. The maximum Gasteiger partial charge on any atom is 0.325 e. The number of nitrogens with zero attached hydrogens (tertiary/aromatic N) is 5. The molecule has 1 fully saturated rings. The van der Waals surface area contributed by atoms with E-state index in [1.54, 1.807) is 63.1 Å². The molecule has 4 rings (SSSR count). The molecule has 1 saturated heterocycles. The van der Waals surface area contributed by atoms with Gasteiger partial charge in [0, 0.05) is 26.5 Å². The predicted octanol–water partition coefficient (Wildman–Crippen LogP) is 3.05. The van der Waals surface area contributed by atoms with Crippen LogP contribution in [0.25, 0.3) is 0 Å². The van der Waals surface area contributed by atoms with Gasteiger partial charge in [0.2, 0.25) is 5.91 Å². The summed E-state index contributed by atoms with van der Waals surface area (Å²) in [7, 11) is 3.31. The summed E-state index contributed by atoms with van der Waals surface area (Å²) in [5, 5.41) is 6.99. The molecule has 1 unspecified atom stereocenters. The average molecular weight is 522 g/mol. The number of aromatic nitrogens is 3. The van der Waals surface area contributed by atoms with Gasteiger partial charge in [0.15, 0.2) is 0 Å². The number of nitrogens with two attached hydrogens (primary N) is 1. The number of carbonyl (C=O) groups excluding carboxylic acids is 3. The minimum atomic E-state index is -1.03. The van der Waals surface area contributed by atoms with Crippen molar-refractivity contribution in [3.8, 4) is 0 Å². The molecular weight excluding hydrogens is 489 g/mol. The zero-order chi connectivity index (χ0) is 27.7. The van der Waals surface area contributed by atoms with Crippen LogP contribution in [0, 0.1) is 25.6 Å². The number of likely N-dealkylation sites (tertiary alicyclic amines) is 1. The summed E-state index contributed by atoms with van der Waals surface area (Å²) < 4.78 is 15.7. The van der Waals surface area contributed by atoms with Crippen LogP contribution in [-0.2, 0) is 23.1 Å². The van der Waals surface area contributed by atoms with E-state index in [0.717, 1.165) is 16.0 Å². The second-order valence-corrected chi connectivity index (χ2v) is 9.70. The van der Waals surface area contributed by atoms with E-state index in [1.165, 1.54) is 17.3 Å². The van der Waals surface area contributed by atoms with Gasteiger partial charge in [-0.2, -0.15) is 5.10 Å². The lowest BCUT2D eigenvalue weighted by atomic mass is 9.81. The highest BCUT2D eigenvalue weighted by Crippen LogP contribution is 2.33. The molecular formula is C27H32FN7O3. The van der Waals surface area contributed by atoms with Gasteiger partial charge in [-0.3, -0.25) is 19.2 Å². The predicted molar refractivity (Wildman–Crippen MR) is 141 cm³/mol. The second-order valence-electron chi connectivity index (χ2n) is 9.70. The summed E-state index contributed by atoms with van der Waals surface area (Å²) in [6.45, 7) is 5.21. The van der Waals surface area contributed by atoms with Crippen LogP contribution in [0.3, 0.4) is 0 Å². The van der Waals surface area contributed by atoms with Crippen molar-refractivity contribution in [2.45, 2.75) is 45.7 Å². The van der Waals surface area contributed by atoms with Crippen molar-refractivity contribution in [1.29, 1.82) is 0 Å². The number of likely N-dealkylation sites (N-methyl/N-ethyl adjacent to an activating group) is 1. The summed E-state index contributed by atoms with van der Waals surface area (Å²) in [6, 6.07) is 4.56. The number of benzene rings is 1. The number of hydrogen-bond acceptors (Lipinski definition) is 6. The Labute approximate surface area is 220 Å². The lowest BCUT2D eigenvalue weighted by molar-refractivity contribution is -0.156. The smallest absolute Gasteiger partial charge is 0.325 e. The van der Waals surface area contributed by atoms with Crippen LogP contribution >= 0.6 is 0 Å². The third-order valence-electron chi connectivity index (χ3n) is 6.96. The Morgan fingerprint density at radius 2 is 1.92 bits per heavy atom. The molecule has 1 aromatic carbocycles. The normalized spacial score (nSPS) is 17.6. The molecule has 1 aliphatic rings. The molecule has 11 heteroatoms. The first-order chi connectivity index (χ1) is 18.0. The number of nitrogens with one attached hydrogen (secondary N) is 1. The fourth-order valence-corrected chi connectivity index (χ4v) is 4.86. The Morgan fingerprint density at radius 1 is 1.24 bits per heavy atom. The molecule has 1 aliphatic heterocycles. The number of aryl methyl sites for hydroxylation is 3. The van der Waals surface area contributed by atoms with Gasteiger partial charge in [-0.25, -0.2) is 14.2 Å². The van der Waals surface area contributed by atoms with Gasteiger partial charge in [-0.05, 0) is 61.1 Å². The lowest BCUT2D eigenvalue weighted by Gasteiger charge is -2.46. The van der Waals surface area contributed by atoms with E-state index in [0.29, 0.717) is 29.1 Å². The molecule has 3 N–H and O–H groups in total. The van der Waals surface area contributed by atoms with Crippen LogP contribution in [0.5, 0.6) is 0 Å². The first-order valence-corrected chi connectivity index (χ1v) is 12.4. The number of urea groups is 1. The van der Waals surface area contributed by atoms with Crippen LogP contribution in [0.1, 0.15) is 41.6 Å². The van der Waals surface area contributed by atoms with Gasteiger partial charge in [0.1, 0.15) is 17.7 Å². The van der Waals surface area contributed by atoms with E-state index in [-0.39, 0.29) is 12.2 Å². The zero-order valence-corrected chi connectivity index (χ0v) is 22.1. The van der Waals surface area contributed by atoms with E-state index < -0.39 is 35.8 Å². The number of hydrogen-bond donors (Lipinski definition) is 2. The fraction of sp³-hybridized carbons (Fsp3) is 0.370. The van der Waals surface area contributed by atoms with Crippen LogP contribution in [0.2, 0.25) is 0 Å². The lowest BCUT2D eigenvalue weighted by Crippen LogP contribution is -2.70. The summed E-state index contributed by atoms with van der Waals surface area (Å²) >= 11 is 0. The third-order valence-corrected chi connectivity index (χ3v) is 6.96. The van der Waals surface area contributed by atoms with Crippen molar-refractivity contribution in [3.63, 3.8) is 0 Å². The van der Waals surface area contributed by atoms with Crippen molar-refractivity contribution >= 4 is 29.4 Å². The number of imide groups is 1. The Morgan fingerprint density at radius 3 is 2.50 bits per heavy atom. The largest absolute Gasteiger partial charge is 0.384 e. The van der Waals surface area contributed by atoms with Crippen molar-refractivity contribution in [3.05, 3.63) is 70.9 Å². The quantitative estimate of drug-likeness (QED) is 0.460. The summed E-state index contributed by atoms with van der Waals surface area (Å²) in [5.74, 6) is -1.63. The maximum atomic E-state index is 14.2. The molecule has 38 heavy (non-hydrogen) atoms. The van der Waals surface area contributed by atoms with Gasteiger partial charge in [-0.1, -0.05) is 19.1 Å². The highest BCUT2D eigenvalue weighted by atomic mass is 19.1. The van der Waals surface area contributed by atoms with Crippen LogP contribution in [0.15, 0.2) is 42.9 Å². The molecule has 3 atom stereocenters. The molecule has 0 radical (unpaired) electrons. The van der Waals surface area contributed by atoms with Crippen molar-refractivity contribution in [2.24, 2.45) is 13.0 Å². The Hall–Kier alpha value is -4.28. The van der Waals surface area contributed by atoms with Crippen molar-refractivity contribution in [1.82, 2.24) is 25.0 Å². The van der Waals surface area contributed by atoms with Gasteiger partial charge in [0.05, 0.1) is 23.8 Å². The molecule has 0 spiro atoms. The summed E-state index contributed by atoms with van der Waals surface area (Å²) in [5.41, 5.74) is 8.74. The Balaban J connectivity index is 1.61. The molecule has 3 aromatic rings. The first kappa shape index (κ1) is 26.8. The van der Waals surface area contributed by atoms with E-state index >= 15 is 0 Å². The zero-order valence-electron chi connectivity index (χ0n) is 22.1. The van der Waals surface area contributed by atoms with Crippen LogP contribution in [-0.4, -0.2) is 50.6 Å². The number of amides is 4. The standard InChI is InChI=1S/C27H32FN7O3/c1-6-21(18-9-15(2)23(28)16(3)10-18)32-27(38)35-24(26(37)34(5)19-13-31-33(4)14-19)20(25(35)36)11-17-7-8-30-22(29)12-17/h7-10,12-14,20-21,24H,6,11H2,1-5H3,(H2,29,30)(H,32,38)/t20-,21?,24+/m1/s1. The number of nitrogen functional groups attached to an aromatic ring is 1. The second kappa shape index (κ2) is 10.6. The van der Waals surface area contributed by atoms with Crippen molar-refractivity contribution < 1.29 is 18.8 Å². The van der Waals surface area contributed by atoms with Crippen LogP contribution in [0.4, 0.5) is 20.7 Å². The molecule has 0 aliphatic carbocycles. The summed E-state index contributed by atoms with van der Waals surface area (Å²) in [6.07, 6.45) is 5.48. The van der Waals surface area contributed by atoms with Gasteiger partial charge in [-0.15, -0.1) is 0 Å². The first-order valence-electron chi connectivity index (χ1n) is 12.4. The molecule has 4 amide bonds. The number of carbonyl (C=O) groups is 3. The number of halogens is 1. The van der Waals surface area contributed by atoms with Crippen molar-refractivity contribution in [2.75, 3.05) is 17.7 Å². The van der Waals surface area contributed by atoms with E-state index in [2.05, 4.69) is 15.4 Å². The number of rotatable bonds is 7. The molecule has 0 bridgehead atoms. The SMILES string of the molecule is CCC(NC(=O)N1C(=O)[C@H](Cc2ccnc(N)c2)[C@H]1C(=O)N(C)c1cnn(C)c1)c1cc(C)c(F)c(C)c1. The van der Waals surface area contributed by atoms with E-state index in [4.69, 9.17) is 5.73 Å². The Kier molecular flexibility index (Phi) is 7.47. The minimum absolute atomic E-state index is 0.222. The van der Waals surface area contributed by atoms with E-state index in [9.17, 15) is 18.8 Å². The van der Waals surface area contributed by atoms with Crippen LogP contribution < -0.4 is 16.0 Å². The maximum absolute atomic E-state index is 14.2. The topological polar surface area (TPSA) is 126 Å². The molecule has 200 valence electrons. The van der Waals surface area contributed by atoms with Gasteiger partial charge in [0.25, 0.3) is 5.91 Å². The van der Waals surface area contributed by atoms with E-state index in [1.807, 2.05) is 6.92 Å². The number of pyridine rings is 1. The Bertz CT molecular complexity index is 1370. The van der Waals surface area contributed by atoms with Gasteiger partial charge >= 0.3 is 6.03 Å². The molecule has 0 saturated carbocycles. The number of anilines is 2.